The number of imidazole rings is 1. The summed E-state index contributed by atoms with van der Waals surface area (Å²) < 4.78 is 1.93. The van der Waals surface area contributed by atoms with Crippen LogP contribution in [0.5, 0.6) is 0 Å². The van der Waals surface area contributed by atoms with E-state index in [0.29, 0.717) is 13.0 Å². The van der Waals surface area contributed by atoms with E-state index >= 15 is 0 Å². The molecule has 0 unspecified atom stereocenters. The molecule has 0 aliphatic rings. The van der Waals surface area contributed by atoms with Gasteiger partial charge in [0.15, 0.2) is 0 Å². The molecular formula is C12H13N3O. The Balaban J connectivity index is 2.23. The molecule has 0 spiro atoms. The van der Waals surface area contributed by atoms with Crippen LogP contribution in [0.3, 0.4) is 0 Å². The fourth-order valence-corrected chi connectivity index (χ4v) is 1.58. The minimum absolute atomic E-state index is 0.298. The standard InChI is InChI=1S/C12H13N3O/c13-12(16)6-7-15-9-14-8-11(15)10-4-2-1-3-5-10/h1-5,8-9H,6-7H2,(H2,13,16). The van der Waals surface area contributed by atoms with Crippen molar-refractivity contribution in [3.05, 3.63) is 42.9 Å². The first-order valence-corrected chi connectivity index (χ1v) is 5.11. The number of benzene rings is 1. The van der Waals surface area contributed by atoms with Crippen LogP contribution in [-0.2, 0) is 11.3 Å². The molecule has 1 aromatic carbocycles. The lowest BCUT2D eigenvalue weighted by molar-refractivity contribution is -0.118. The van der Waals surface area contributed by atoms with Crippen LogP contribution in [0.25, 0.3) is 11.3 Å². The molecule has 4 nitrogen and oxygen atoms in total. The Labute approximate surface area is 93.7 Å². The van der Waals surface area contributed by atoms with E-state index in [1.807, 2.05) is 34.9 Å². The molecule has 0 saturated heterocycles. The van der Waals surface area contributed by atoms with Crippen LogP contribution in [0.1, 0.15) is 6.42 Å². The molecule has 0 saturated carbocycles. The van der Waals surface area contributed by atoms with Crippen molar-refractivity contribution < 1.29 is 4.79 Å². The SMILES string of the molecule is NC(=O)CCn1cncc1-c1ccccc1. The molecule has 0 radical (unpaired) electrons. The van der Waals surface area contributed by atoms with E-state index in [9.17, 15) is 4.79 Å². The lowest BCUT2D eigenvalue weighted by atomic mass is 10.2. The van der Waals surface area contributed by atoms with Crippen LogP contribution in [0.4, 0.5) is 0 Å². The van der Waals surface area contributed by atoms with E-state index in [4.69, 9.17) is 5.73 Å². The van der Waals surface area contributed by atoms with Gasteiger partial charge in [-0.1, -0.05) is 30.3 Å². The van der Waals surface area contributed by atoms with Gasteiger partial charge in [-0.15, -0.1) is 0 Å². The zero-order valence-electron chi connectivity index (χ0n) is 8.84. The van der Waals surface area contributed by atoms with Gasteiger partial charge < -0.3 is 10.3 Å². The number of aromatic nitrogens is 2. The second-order valence-electron chi connectivity index (χ2n) is 3.55. The maximum Gasteiger partial charge on any atom is 0.219 e. The fraction of sp³-hybridized carbons (Fsp3) is 0.167. The highest BCUT2D eigenvalue weighted by Crippen LogP contribution is 2.18. The highest BCUT2D eigenvalue weighted by atomic mass is 16.1. The first kappa shape index (κ1) is 10.4. The second-order valence-corrected chi connectivity index (χ2v) is 3.55. The lowest BCUT2D eigenvalue weighted by Gasteiger charge is -2.06. The number of rotatable bonds is 4. The van der Waals surface area contributed by atoms with Crippen molar-refractivity contribution in [1.29, 1.82) is 0 Å². The van der Waals surface area contributed by atoms with Gasteiger partial charge in [-0.05, 0) is 5.56 Å². The first-order valence-electron chi connectivity index (χ1n) is 5.11. The number of nitrogens with zero attached hydrogens (tertiary/aromatic N) is 2. The average molecular weight is 215 g/mol. The number of nitrogens with two attached hydrogens (primary N) is 1. The van der Waals surface area contributed by atoms with Gasteiger partial charge in [-0.2, -0.15) is 0 Å². The number of hydrogen-bond donors (Lipinski definition) is 1. The van der Waals surface area contributed by atoms with E-state index in [1.165, 1.54) is 0 Å². The van der Waals surface area contributed by atoms with Crippen molar-refractivity contribution in [1.82, 2.24) is 9.55 Å². The molecule has 0 fully saturated rings. The lowest BCUT2D eigenvalue weighted by Crippen LogP contribution is -2.13. The highest BCUT2D eigenvalue weighted by Gasteiger charge is 2.05. The van der Waals surface area contributed by atoms with E-state index in [2.05, 4.69) is 4.98 Å². The van der Waals surface area contributed by atoms with Gasteiger partial charge in [-0.3, -0.25) is 4.79 Å². The third-order valence-corrected chi connectivity index (χ3v) is 2.38. The molecule has 2 aromatic rings. The topological polar surface area (TPSA) is 60.9 Å². The number of carbonyl (C=O) groups is 1. The van der Waals surface area contributed by atoms with Gasteiger partial charge in [0.1, 0.15) is 0 Å². The predicted octanol–water partition coefficient (Wildman–Crippen LogP) is 1.43. The molecule has 0 aliphatic heterocycles. The van der Waals surface area contributed by atoms with Crippen LogP contribution >= 0.6 is 0 Å². The number of amides is 1. The Morgan fingerprint density at radius 2 is 2.06 bits per heavy atom. The van der Waals surface area contributed by atoms with Gasteiger partial charge in [0, 0.05) is 13.0 Å². The second kappa shape index (κ2) is 4.61. The molecular weight excluding hydrogens is 202 g/mol. The number of primary amides is 1. The Bertz CT molecular complexity index is 476. The molecule has 4 heteroatoms. The van der Waals surface area contributed by atoms with Crippen LogP contribution in [0.15, 0.2) is 42.9 Å². The summed E-state index contributed by atoms with van der Waals surface area (Å²) in [6, 6.07) is 9.94. The smallest absolute Gasteiger partial charge is 0.219 e. The molecule has 2 N–H and O–H groups in total. The number of carbonyl (C=O) groups excluding carboxylic acids is 1. The molecule has 82 valence electrons. The fourth-order valence-electron chi connectivity index (χ4n) is 1.58. The normalized spacial score (nSPS) is 10.2. The Morgan fingerprint density at radius 3 is 2.75 bits per heavy atom. The molecule has 0 aliphatic carbocycles. The maximum atomic E-state index is 10.7. The van der Waals surface area contributed by atoms with E-state index in [0.717, 1.165) is 11.3 Å². The number of aryl methyl sites for hydroxylation is 1. The van der Waals surface area contributed by atoms with E-state index in [1.54, 1.807) is 12.5 Å². The van der Waals surface area contributed by atoms with Crippen molar-refractivity contribution in [2.24, 2.45) is 5.73 Å². The third kappa shape index (κ3) is 2.28. The largest absolute Gasteiger partial charge is 0.370 e. The molecule has 1 aromatic heterocycles. The van der Waals surface area contributed by atoms with E-state index < -0.39 is 0 Å². The zero-order valence-corrected chi connectivity index (χ0v) is 8.84. The summed E-state index contributed by atoms with van der Waals surface area (Å²) in [6.45, 7) is 0.569. The summed E-state index contributed by atoms with van der Waals surface area (Å²) in [7, 11) is 0. The number of hydrogen-bond acceptors (Lipinski definition) is 2. The first-order chi connectivity index (χ1) is 7.77. The highest BCUT2D eigenvalue weighted by molar-refractivity contribution is 5.73. The molecule has 1 amide bonds. The van der Waals surface area contributed by atoms with Gasteiger partial charge in [0.2, 0.25) is 5.91 Å². The van der Waals surface area contributed by atoms with Crippen molar-refractivity contribution in [2.75, 3.05) is 0 Å². The van der Waals surface area contributed by atoms with Gasteiger partial charge in [-0.25, -0.2) is 4.98 Å². The Hall–Kier alpha value is -2.10. The zero-order chi connectivity index (χ0) is 11.4. The monoisotopic (exact) mass is 215 g/mol. The van der Waals surface area contributed by atoms with Gasteiger partial charge in [0.05, 0.1) is 18.2 Å². The van der Waals surface area contributed by atoms with Crippen molar-refractivity contribution in [3.8, 4) is 11.3 Å². The molecule has 1 heterocycles. The summed E-state index contributed by atoms with van der Waals surface area (Å²) in [5.41, 5.74) is 7.21. The summed E-state index contributed by atoms with van der Waals surface area (Å²) in [4.78, 5) is 14.8. The summed E-state index contributed by atoms with van der Waals surface area (Å²) in [5, 5.41) is 0. The minimum atomic E-state index is -0.298. The van der Waals surface area contributed by atoms with Crippen molar-refractivity contribution >= 4 is 5.91 Å². The minimum Gasteiger partial charge on any atom is -0.370 e. The predicted molar refractivity (Wildman–Crippen MR) is 61.5 cm³/mol. The molecule has 2 rings (SSSR count). The Kier molecular flexibility index (Phi) is 3.00. The van der Waals surface area contributed by atoms with Crippen LogP contribution in [0, 0.1) is 0 Å². The summed E-state index contributed by atoms with van der Waals surface area (Å²) >= 11 is 0. The van der Waals surface area contributed by atoms with Gasteiger partial charge in [0.25, 0.3) is 0 Å². The Morgan fingerprint density at radius 1 is 1.31 bits per heavy atom. The quantitative estimate of drug-likeness (QED) is 0.838. The average Bonchev–Trinajstić information content (AvgIpc) is 2.75. The molecule has 16 heavy (non-hydrogen) atoms. The van der Waals surface area contributed by atoms with Crippen molar-refractivity contribution in [2.45, 2.75) is 13.0 Å². The molecule has 0 bridgehead atoms. The van der Waals surface area contributed by atoms with Crippen LogP contribution < -0.4 is 5.73 Å². The third-order valence-electron chi connectivity index (χ3n) is 2.38. The van der Waals surface area contributed by atoms with Crippen LogP contribution in [0.2, 0.25) is 0 Å². The van der Waals surface area contributed by atoms with E-state index in [-0.39, 0.29) is 5.91 Å². The summed E-state index contributed by atoms with van der Waals surface area (Å²) in [6.07, 6.45) is 3.83. The van der Waals surface area contributed by atoms with Crippen molar-refractivity contribution in [3.63, 3.8) is 0 Å². The maximum absolute atomic E-state index is 10.7. The van der Waals surface area contributed by atoms with Crippen LogP contribution in [-0.4, -0.2) is 15.5 Å². The summed E-state index contributed by atoms with van der Waals surface area (Å²) in [5.74, 6) is -0.298. The van der Waals surface area contributed by atoms with Gasteiger partial charge >= 0.3 is 0 Å². The molecule has 0 atom stereocenters.